The van der Waals surface area contributed by atoms with E-state index in [9.17, 15) is 4.79 Å². The van der Waals surface area contributed by atoms with Gasteiger partial charge in [-0.15, -0.1) is 0 Å². The Morgan fingerprint density at radius 3 is 2.71 bits per heavy atom. The van der Waals surface area contributed by atoms with Crippen LogP contribution >= 0.6 is 38.5 Å². The Morgan fingerprint density at radius 2 is 2.21 bits per heavy atom. The number of carbonyl (C=O) groups is 1. The molecule has 4 heteroatoms. The van der Waals surface area contributed by atoms with E-state index >= 15 is 0 Å². The van der Waals surface area contributed by atoms with Crippen molar-refractivity contribution in [3.8, 4) is 0 Å². The molecule has 1 aromatic rings. The number of methoxy groups -OCH3 is 1. The van der Waals surface area contributed by atoms with Crippen LogP contribution in [0.2, 0.25) is 0 Å². The smallest absolute Gasteiger partial charge is 0.338 e. The predicted octanol–water partition coefficient (Wildman–Crippen LogP) is 3.53. The normalized spacial score (nSPS) is 12.3. The van der Waals surface area contributed by atoms with Crippen molar-refractivity contribution in [2.24, 2.45) is 0 Å². The molecule has 0 radical (unpaired) electrons. The first-order chi connectivity index (χ1) is 6.57. The lowest BCUT2D eigenvalue weighted by molar-refractivity contribution is 0.0599. The van der Waals surface area contributed by atoms with Crippen molar-refractivity contribution in [1.29, 1.82) is 0 Å². The molecular weight excluding hydrogens is 359 g/mol. The van der Waals surface area contributed by atoms with Gasteiger partial charge in [0.25, 0.3) is 0 Å². The largest absolute Gasteiger partial charge is 0.465 e. The highest BCUT2D eigenvalue weighted by Crippen LogP contribution is 2.28. The number of carbonyl (C=O) groups excluding carboxylic acids is 1. The van der Waals surface area contributed by atoms with Crippen molar-refractivity contribution >= 4 is 44.5 Å². The van der Waals surface area contributed by atoms with Crippen LogP contribution < -0.4 is 0 Å². The van der Waals surface area contributed by atoms with Crippen LogP contribution in [-0.4, -0.2) is 13.1 Å². The molecule has 0 fully saturated rings. The molecule has 1 atom stereocenters. The van der Waals surface area contributed by atoms with Crippen LogP contribution in [0.15, 0.2) is 18.2 Å². The first-order valence-corrected chi connectivity index (χ1v) is 6.08. The first-order valence-electron chi connectivity index (χ1n) is 4.08. The lowest BCUT2D eigenvalue weighted by Crippen LogP contribution is -2.05. The van der Waals surface area contributed by atoms with E-state index in [4.69, 9.17) is 4.74 Å². The molecule has 1 unspecified atom stereocenters. The lowest BCUT2D eigenvalue weighted by atomic mass is 10.1. The molecule has 0 aliphatic carbocycles. The van der Waals surface area contributed by atoms with Crippen LogP contribution in [0.25, 0.3) is 0 Å². The van der Waals surface area contributed by atoms with Crippen LogP contribution in [0.1, 0.15) is 27.7 Å². The Kier molecular flexibility index (Phi) is 4.37. The van der Waals surface area contributed by atoms with E-state index in [2.05, 4.69) is 38.5 Å². The topological polar surface area (TPSA) is 26.3 Å². The van der Waals surface area contributed by atoms with Gasteiger partial charge in [-0.25, -0.2) is 4.79 Å². The van der Waals surface area contributed by atoms with E-state index in [0.29, 0.717) is 5.56 Å². The monoisotopic (exact) mass is 368 g/mol. The van der Waals surface area contributed by atoms with Crippen molar-refractivity contribution in [1.82, 2.24) is 0 Å². The van der Waals surface area contributed by atoms with Crippen molar-refractivity contribution in [3.63, 3.8) is 0 Å². The highest BCUT2D eigenvalue weighted by Gasteiger charge is 2.14. The molecule has 14 heavy (non-hydrogen) atoms. The summed E-state index contributed by atoms with van der Waals surface area (Å²) < 4.78 is 5.64. The third-order valence-electron chi connectivity index (χ3n) is 1.86. The summed E-state index contributed by atoms with van der Waals surface area (Å²) in [5, 5.41) is 0. The third-order valence-corrected chi connectivity index (χ3v) is 3.56. The minimum Gasteiger partial charge on any atom is -0.465 e. The van der Waals surface area contributed by atoms with Gasteiger partial charge < -0.3 is 4.74 Å². The minimum atomic E-state index is -0.288. The average Bonchev–Trinajstić information content (AvgIpc) is 2.16. The van der Waals surface area contributed by atoms with E-state index in [1.807, 2.05) is 19.1 Å². The summed E-state index contributed by atoms with van der Waals surface area (Å²) in [6.45, 7) is 2.03. The second kappa shape index (κ2) is 5.11. The summed E-state index contributed by atoms with van der Waals surface area (Å²) in [6.07, 6.45) is 0. The van der Waals surface area contributed by atoms with Gasteiger partial charge in [0.1, 0.15) is 0 Å². The minimum absolute atomic E-state index is 0.235. The zero-order chi connectivity index (χ0) is 10.7. The average molecular weight is 369 g/mol. The van der Waals surface area contributed by atoms with Crippen LogP contribution in [-0.2, 0) is 4.74 Å². The second-order valence-corrected chi connectivity index (χ2v) is 5.27. The lowest BCUT2D eigenvalue weighted by Gasteiger charge is -2.09. The number of hydrogen-bond donors (Lipinski definition) is 0. The summed E-state index contributed by atoms with van der Waals surface area (Å²) in [7, 11) is 1.39. The number of hydrogen-bond acceptors (Lipinski definition) is 2. The Balaban J connectivity index is 3.20. The van der Waals surface area contributed by atoms with Crippen molar-refractivity contribution < 1.29 is 9.53 Å². The van der Waals surface area contributed by atoms with Crippen LogP contribution in [0.5, 0.6) is 0 Å². The van der Waals surface area contributed by atoms with Gasteiger partial charge in [-0.05, 0) is 41.1 Å². The molecule has 0 amide bonds. The molecule has 76 valence electrons. The van der Waals surface area contributed by atoms with Crippen LogP contribution in [0.3, 0.4) is 0 Å². The van der Waals surface area contributed by atoms with Gasteiger partial charge in [-0.2, -0.15) is 0 Å². The molecule has 1 aromatic carbocycles. The van der Waals surface area contributed by atoms with E-state index in [1.165, 1.54) is 7.11 Å². The molecule has 0 spiro atoms. The van der Waals surface area contributed by atoms with Gasteiger partial charge in [0.2, 0.25) is 0 Å². The first kappa shape index (κ1) is 12.0. The number of halogens is 2. The molecule has 0 saturated carbocycles. The molecule has 0 aliphatic heterocycles. The second-order valence-electron chi connectivity index (χ2n) is 2.82. The molecule has 2 nitrogen and oxygen atoms in total. The third kappa shape index (κ3) is 2.48. The van der Waals surface area contributed by atoms with E-state index in [-0.39, 0.29) is 10.8 Å². The quantitative estimate of drug-likeness (QED) is 0.453. The van der Waals surface area contributed by atoms with E-state index in [1.54, 1.807) is 6.07 Å². The molecule has 1 rings (SSSR count). The fraction of sp³-hybridized carbons (Fsp3) is 0.300. The summed E-state index contributed by atoms with van der Waals surface area (Å²) in [6, 6.07) is 5.63. The maximum Gasteiger partial charge on any atom is 0.338 e. The molecular formula is C10H10BrIO2. The van der Waals surface area contributed by atoms with Gasteiger partial charge in [0, 0.05) is 8.40 Å². The van der Waals surface area contributed by atoms with Crippen LogP contribution in [0.4, 0.5) is 0 Å². The van der Waals surface area contributed by atoms with Gasteiger partial charge in [-0.3, -0.25) is 0 Å². The standard InChI is InChI=1S/C10H10BrIO2/c1-6(11)7-4-3-5-8(9(7)12)10(13)14-2/h3-6H,1-2H3. The molecule has 0 N–H and O–H groups in total. The Bertz CT molecular complexity index is 350. The van der Waals surface area contributed by atoms with Gasteiger partial charge in [0.15, 0.2) is 0 Å². The van der Waals surface area contributed by atoms with Crippen molar-refractivity contribution in [2.45, 2.75) is 11.8 Å². The maximum atomic E-state index is 11.4. The fourth-order valence-corrected chi connectivity index (χ4v) is 2.98. The maximum absolute atomic E-state index is 11.4. The zero-order valence-corrected chi connectivity index (χ0v) is 11.6. The number of benzene rings is 1. The molecule has 0 heterocycles. The van der Waals surface area contributed by atoms with E-state index < -0.39 is 0 Å². The molecule has 0 aromatic heterocycles. The van der Waals surface area contributed by atoms with Gasteiger partial charge in [-0.1, -0.05) is 28.1 Å². The van der Waals surface area contributed by atoms with E-state index in [0.717, 1.165) is 9.13 Å². The molecule has 0 aliphatic rings. The molecule has 0 saturated heterocycles. The van der Waals surface area contributed by atoms with Crippen molar-refractivity contribution in [3.05, 3.63) is 32.9 Å². The van der Waals surface area contributed by atoms with Crippen LogP contribution in [0, 0.1) is 3.57 Å². The van der Waals surface area contributed by atoms with Gasteiger partial charge >= 0.3 is 5.97 Å². The fourth-order valence-electron chi connectivity index (χ4n) is 1.12. The number of alkyl halides is 1. The Hall–Kier alpha value is -0.100. The SMILES string of the molecule is COC(=O)c1cccc(C(C)Br)c1I. The van der Waals surface area contributed by atoms with Gasteiger partial charge in [0.05, 0.1) is 12.7 Å². The molecule has 0 bridgehead atoms. The zero-order valence-electron chi connectivity index (χ0n) is 7.88. The highest BCUT2D eigenvalue weighted by molar-refractivity contribution is 14.1. The number of esters is 1. The Labute approximate surface area is 105 Å². The highest BCUT2D eigenvalue weighted by atomic mass is 127. The summed E-state index contributed by atoms with van der Waals surface area (Å²) >= 11 is 5.65. The number of ether oxygens (including phenoxy) is 1. The Morgan fingerprint density at radius 1 is 1.57 bits per heavy atom. The summed E-state index contributed by atoms with van der Waals surface area (Å²) in [5.74, 6) is -0.288. The summed E-state index contributed by atoms with van der Waals surface area (Å²) in [4.78, 5) is 11.6. The number of rotatable bonds is 2. The predicted molar refractivity (Wildman–Crippen MR) is 67.8 cm³/mol. The summed E-state index contributed by atoms with van der Waals surface area (Å²) in [5.41, 5.74) is 1.73. The van der Waals surface area contributed by atoms with Crippen molar-refractivity contribution in [2.75, 3.05) is 7.11 Å².